The number of aryl methyl sites for hydroxylation is 1. The van der Waals surface area contributed by atoms with Crippen LogP contribution < -0.4 is 5.32 Å². The molecule has 1 heterocycles. The first-order valence-electron chi connectivity index (χ1n) is 5.16. The highest BCUT2D eigenvalue weighted by Gasteiger charge is 2.16. The third kappa shape index (κ3) is 2.73. The minimum Gasteiger partial charge on any atom is -0.361 e. The molecule has 1 N–H and O–H groups in total. The fraction of sp³-hybridized carbons (Fsp3) is 0.0909. The van der Waals surface area contributed by atoms with Crippen molar-refractivity contribution in [2.75, 3.05) is 5.32 Å². The van der Waals surface area contributed by atoms with E-state index in [0.717, 1.165) is 18.2 Å². The maximum absolute atomic E-state index is 13.4. The number of carbonyl (C=O) groups is 1. The van der Waals surface area contributed by atoms with Crippen molar-refractivity contribution in [3.8, 4) is 0 Å². The van der Waals surface area contributed by atoms with Crippen molar-refractivity contribution in [3.05, 3.63) is 51.7 Å². The number of nitro benzene ring substituents is 1. The molecular weight excluding hydrogens is 257 g/mol. The summed E-state index contributed by atoms with van der Waals surface area (Å²) in [7, 11) is 0. The Balaban J connectivity index is 2.25. The van der Waals surface area contributed by atoms with Crippen LogP contribution in [0.5, 0.6) is 0 Å². The number of nitrogens with zero attached hydrogens (tertiary/aromatic N) is 2. The summed E-state index contributed by atoms with van der Waals surface area (Å²) in [5.41, 5.74) is -0.656. The number of nitrogens with one attached hydrogen (secondary N) is 1. The van der Waals surface area contributed by atoms with Crippen molar-refractivity contribution in [3.63, 3.8) is 0 Å². The SMILES string of the molecule is Cc1cc(C(=O)Nc2cc([N+](=O)[O-])ccc2F)no1. The summed E-state index contributed by atoms with van der Waals surface area (Å²) in [4.78, 5) is 21.6. The van der Waals surface area contributed by atoms with E-state index in [-0.39, 0.29) is 17.1 Å². The smallest absolute Gasteiger partial charge is 0.277 e. The number of hydrogen-bond acceptors (Lipinski definition) is 5. The third-order valence-corrected chi connectivity index (χ3v) is 2.27. The molecule has 0 saturated heterocycles. The summed E-state index contributed by atoms with van der Waals surface area (Å²) < 4.78 is 18.1. The van der Waals surface area contributed by atoms with Crippen LogP contribution in [0.2, 0.25) is 0 Å². The van der Waals surface area contributed by atoms with Gasteiger partial charge in [0.2, 0.25) is 0 Å². The maximum atomic E-state index is 13.4. The number of rotatable bonds is 3. The number of nitro groups is 1. The van der Waals surface area contributed by atoms with Crippen molar-refractivity contribution in [1.82, 2.24) is 5.16 Å². The minimum atomic E-state index is -0.779. The molecule has 0 spiro atoms. The number of carbonyl (C=O) groups excluding carboxylic acids is 1. The van der Waals surface area contributed by atoms with E-state index in [2.05, 4.69) is 10.5 Å². The predicted molar refractivity (Wildman–Crippen MR) is 62.2 cm³/mol. The van der Waals surface area contributed by atoms with Gasteiger partial charge in [-0.3, -0.25) is 14.9 Å². The fourth-order valence-electron chi connectivity index (χ4n) is 1.38. The van der Waals surface area contributed by atoms with Crippen molar-refractivity contribution >= 4 is 17.3 Å². The molecule has 1 aromatic heterocycles. The molecule has 0 saturated carbocycles. The van der Waals surface area contributed by atoms with Crippen LogP contribution in [0.4, 0.5) is 15.8 Å². The zero-order valence-electron chi connectivity index (χ0n) is 9.71. The van der Waals surface area contributed by atoms with E-state index in [1.54, 1.807) is 6.92 Å². The number of hydrogen-bond donors (Lipinski definition) is 1. The van der Waals surface area contributed by atoms with Gasteiger partial charge in [-0.15, -0.1) is 0 Å². The van der Waals surface area contributed by atoms with Gasteiger partial charge in [-0.05, 0) is 13.0 Å². The van der Waals surface area contributed by atoms with Crippen LogP contribution in [0.25, 0.3) is 0 Å². The zero-order chi connectivity index (χ0) is 14.0. The van der Waals surface area contributed by atoms with Gasteiger partial charge in [0.1, 0.15) is 11.6 Å². The Morgan fingerprint density at radius 2 is 2.21 bits per heavy atom. The van der Waals surface area contributed by atoms with Crippen LogP contribution in [0.15, 0.2) is 28.8 Å². The molecular formula is C11H8FN3O4. The number of halogens is 1. The highest BCUT2D eigenvalue weighted by atomic mass is 19.1. The molecule has 0 bridgehead atoms. The van der Waals surface area contributed by atoms with Crippen LogP contribution in [0, 0.1) is 22.9 Å². The van der Waals surface area contributed by atoms with E-state index in [4.69, 9.17) is 4.52 Å². The Hall–Kier alpha value is -2.77. The first-order chi connectivity index (χ1) is 8.97. The van der Waals surface area contributed by atoms with E-state index in [9.17, 15) is 19.3 Å². The van der Waals surface area contributed by atoms with E-state index in [1.807, 2.05) is 0 Å². The second-order valence-corrected chi connectivity index (χ2v) is 3.70. The molecule has 1 amide bonds. The van der Waals surface area contributed by atoms with Gasteiger partial charge in [0.15, 0.2) is 5.69 Å². The molecule has 0 fully saturated rings. The molecule has 1 aromatic carbocycles. The molecule has 2 rings (SSSR count). The number of benzene rings is 1. The largest absolute Gasteiger partial charge is 0.361 e. The lowest BCUT2D eigenvalue weighted by Gasteiger charge is -2.03. The fourth-order valence-corrected chi connectivity index (χ4v) is 1.38. The van der Waals surface area contributed by atoms with Gasteiger partial charge >= 0.3 is 0 Å². The molecule has 19 heavy (non-hydrogen) atoms. The quantitative estimate of drug-likeness (QED) is 0.678. The first-order valence-corrected chi connectivity index (χ1v) is 5.16. The molecule has 98 valence electrons. The second kappa shape index (κ2) is 4.84. The molecule has 7 nitrogen and oxygen atoms in total. The topological polar surface area (TPSA) is 98.3 Å². The standard InChI is InChI=1S/C11H8FN3O4/c1-6-4-10(14-19-6)11(16)13-9-5-7(15(17)18)2-3-8(9)12/h2-5H,1H3,(H,13,16). The Morgan fingerprint density at radius 3 is 2.79 bits per heavy atom. The summed E-state index contributed by atoms with van der Waals surface area (Å²) in [6.45, 7) is 1.59. The van der Waals surface area contributed by atoms with Crippen molar-refractivity contribution in [2.45, 2.75) is 6.92 Å². The molecule has 0 unspecified atom stereocenters. The normalized spacial score (nSPS) is 10.2. The molecule has 0 atom stereocenters. The second-order valence-electron chi connectivity index (χ2n) is 3.70. The Labute approximate surface area is 106 Å². The minimum absolute atomic E-state index is 0.0385. The van der Waals surface area contributed by atoms with Crippen molar-refractivity contribution < 1.29 is 18.6 Å². The zero-order valence-corrected chi connectivity index (χ0v) is 9.71. The van der Waals surface area contributed by atoms with E-state index in [1.165, 1.54) is 6.07 Å². The summed E-state index contributed by atoms with van der Waals surface area (Å²) in [5.74, 6) is -1.07. The molecule has 0 radical (unpaired) electrons. The lowest BCUT2D eigenvalue weighted by molar-refractivity contribution is -0.384. The lowest BCUT2D eigenvalue weighted by atomic mass is 10.2. The van der Waals surface area contributed by atoms with Crippen molar-refractivity contribution in [2.24, 2.45) is 0 Å². The average molecular weight is 265 g/mol. The number of anilines is 1. The van der Waals surface area contributed by atoms with Crippen LogP contribution >= 0.6 is 0 Å². The van der Waals surface area contributed by atoms with Gasteiger partial charge < -0.3 is 9.84 Å². The summed E-state index contributed by atoms with van der Waals surface area (Å²) in [6.07, 6.45) is 0. The van der Waals surface area contributed by atoms with Gasteiger partial charge in [0.25, 0.3) is 11.6 Å². The maximum Gasteiger partial charge on any atom is 0.277 e. The van der Waals surface area contributed by atoms with E-state index in [0.29, 0.717) is 5.76 Å². The van der Waals surface area contributed by atoms with E-state index < -0.39 is 16.6 Å². The van der Waals surface area contributed by atoms with Gasteiger partial charge in [-0.1, -0.05) is 5.16 Å². The third-order valence-electron chi connectivity index (χ3n) is 2.27. The molecule has 0 aliphatic rings. The predicted octanol–water partition coefficient (Wildman–Crippen LogP) is 2.28. The number of non-ortho nitro benzene ring substituents is 1. The average Bonchev–Trinajstić information content (AvgIpc) is 2.78. The van der Waals surface area contributed by atoms with Crippen LogP contribution in [0.1, 0.15) is 16.2 Å². The first kappa shape index (κ1) is 12.7. The Morgan fingerprint density at radius 1 is 1.47 bits per heavy atom. The number of aromatic nitrogens is 1. The molecule has 0 aliphatic carbocycles. The van der Waals surface area contributed by atoms with Gasteiger partial charge in [-0.25, -0.2) is 4.39 Å². The van der Waals surface area contributed by atoms with Gasteiger partial charge in [0.05, 0.1) is 10.6 Å². The van der Waals surface area contributed by atoms with E-state index >= 15 is 0 Å². The van der Waals surface area contributed by atoms with Crippen LogP contribution in [0.3, 0.4) is 0 Å². The summed E-state index contributed by atoms with van der Waals surface area (Å²) >= 11 is 0. The summed E-state index contributed by atoms with van der Waals surface area (Å²) in [6, 6.07) is 4.21. The Kier molecular flexibility index (Phi) is 3.23. The molecule has 2 aromatic rings. The van der Waals surface area contributed by atoms with Crippen molar-refractivity contribution in [1.29, 1.82) is 0 Å². The van der Waals surface area contributed by atoms with Gasteiger partial charge in [0, 0.05) is 18.2 Å². The van der Waals surface area contributed by atoms with Gasteiger partial charge in [-0.2, -0.15) is 0 Å². The number of amides is 1. The highest BCUT2D eigenvalue weighted by Crippen LogP contribution is 2.21. The highest BCUT2D eigenvalue weighted by molar-refractivity contribution is 6.03. The Bertz CT molecular complexity index is 653. The molecule has 8 heteroatoms. The molecule has 0 aliphatic heterocycles. The van der Waals surface area contributed by atoms with Crippen LogP contribution in [-0.4, -0.2) is 16.0 Å². The monoisotopic (exact) mass is 265 g/mol. The summed E-state index contributed by atoms with van der Waals surface area (Å²) in [5, 5.41) is 16.2. The van der Waals surface area contributed by atoms with Crippen LogP contribution in [-0.2, 0) is 0 Å². The lowest BCUT2D eigenvalue weighted by Crippen LogP contribution is -2.13.